The van der Waals surface area contributed by atoms with Crippen molar-refractivity contribution in [3.05, 3.63) is 62.4 Å². The van der Waals surface area contributed by atoms with Crippen molar-refractivity contribution in [2.75, 3.05) is 0 Å². The van der Waals surface area contributed by atoms with E-state index in [1.54, 1.807) is 0 Å². The van der Waals surface area contributed by atoms with Gasteiger partial charge < -0.3 is 4.74 Å². The van der Waals surface area contributed by atoms with E-state index >= 15 is 0 Å². The summed E-state index contributed by atoms with van der Waals surface area (Å²) in [5, 5.41) is 11.0. The number of nitro groups is 1. The van der Waals surface area contributed by atoms with E-state index in [9.17, 15) is 19.3 Å². The summed E-state index contributed by atoms with van der Waals surface area (Å²) < 4.78 is 18.8. The van der Waals surface area contributed by atoms with Crippen LogP contribution in [0.15, 0.2) is 40.9 Å². The molecule has 0 saturated heterocycles. The lowest BCUT2D eigenvalue weighted by atomic mass is 10.1. The SMILES string of the molecule is CC(=O)c1ccc(Oc2ccc(F)cc2Br)cc1[N+](=O)[O-]. The number of halogens is 2. The summed E-state index contributed by atoms with van der Waals surface area (Å²) in [7, 11) is 0. The minimum absolute atomic E-state index is 0.00511. The van der Waals surface area contributed by atoms with E-state index in [2.05, 4.69) is 15.9 Å². The molecule has 2 aromatic rings. The van der Waals surface area contributed by atoms with Crippen LogP contribution in [0.2, 0.25) is 0 Å². The quantitative estimate of drug-likeness (QED) is 0.461. The first kappa shape index (κ1) is 15.1. The molecule has 0 heterocycles. The van der Waals surface area contributed by atoms with Gasteiger partial charge in [0, 0.05) is 0 Å². The summed E-state index contributed by atoms with van der Waals surface area (Å²) >= 11 is 3.14. The summed E-state index contributed by atoms with van der Waals surface area (Å²) in [5.74, 6) is -0.358. The molecule has 21 heavy (non-hydrogen) atoms. The Hall–Kier alpha value is -2.28. The maximum atomic E-state index is 13.0. The third-order valence-electron chi connectivity index (χ3n) is 2.67. The van der Waals surface area contributed by atoms with Gasteiger partial charge in [0.25, 0.3) is 5.69 Å². The molecule has 0 aliphatic carbocycles. The molecule has 0 unspecified atom stereocenters. The third kappa shape index (κ3) is 3.43. The lowest BCUT2D eigenvalue weighted by Gasteiger charge is -2.08. The monoisotopic (exact) mass is 353 g/mol. The van der Waals surface area contributed by atoms with E-state index in [0.29, 0.717) is 10.2 Å². The molecule has 0 amide bonds. The van der Waals surface area contributed by atoms with E-state index in [1.165, 1.54) is 37.3 Å². The zero-order valence-electron chi connectivity index (χ0n) is 10.8. The summed E-state index contributed by atoms with van der Waals surface area (Å²) in [6.45, 7) is 1.25. The van der Waals surface area contributed by atoms with Crippen LogP contribution in [-0.4, -0.2) is 10.7 Å². The number of nitrogens with zero attached hydrogens (tertiary/aromatic N) is 1. The Labute approximate surface area is 127 Å². The number of hydrogen-bond acceptors (Lipinski definition) is 4. The molecule has 0 aliphatic rings. The maximum absolute atomic E-state index is 13.0. The van der Waals surface area contributed by atoms with Crippen LogP contribution < -0.4 is 4.74 Å². The lowest BCUT2D eigenvalue weighted by molar-refractivity contribution is -0.385. The smallest absolute Gasteiger partial charge is 0.283 e. The topological polar surface area (TPSA) is 69.4 Å². The van der Waals surface area contributed by atoms with E-state index < -0.39 is 16.5 Å². The number of carbonyl (C=O) groups is 1. The van der Waals surface area contributed by atoms with Crippen LogP contribution in [0.4, 0.5) is 10.1 Å². The van der Waals surface area contributed by atoms with Crippen molar-refractivity contribution in [1.29, 1.82) is 0 Å². The summed E-state index contributed by atoms with van der Waals surface area (Å²) in [4.78, 5) is 21.7. The minimum atomic E-state index is -0.650. The summed E-state index contributed by atoms with van der Waals surface area (Å²) in [6.07, 6.45) is 0. The van der Waals surface area contributed by atoms with Crippen LogP contribution in [0.25, 0.3) is 0 Å². The highest BCUT2D eigenvalue weighted by molar-refractivity contribution is 9.10. The Kier molecular flexibility index (Phi) is 4.32. The average molecular weight is 354 g/mol. The second kappa shape index (κ2) is 6.01. The van der Waals surface area contributed by atoms with Gasteiger partial charge in [-0.25, -0.2) is 4.39 Å². The first-order valence-electron chi connectivity index (χ1n) is 5.81. The van der Waals surface area contributed by atoms with E-state index in [0.717, 1.165) is 6.07 Å². The number of benzene rings is 2. The molecule has 2 rings (SSSR count). The van der Waals surface area contributed by atoms with Crippen LogP contribution in [0.3, 0.4) is 0 Å². The first-order chi connectivity index (χ1) is 9.88. The molecule has 0 radical (unpaired) electrons. The highest BCUT2D eigenvalue weighted by Crippen LogP contribution is 2.33. The number of carbonyl (C=O) groups excluding carboxylic acids is 1. The fourth-order valence-electron chi connectivity index (χ4n) is 1.71. The number of ether oxygens (including phenoxy) is 1. The van der Waals surface area contributed by atoms with Crippen molar-refractivity contribution in [1.82, 2.24) is 0 Å². The maximum Gasteiger partial charge on any atom is 0.283 e. The zero-order chi connectivity index (χ0) is 15.6. The van der Waals surface area contributed by atoms with Gasteiger partial charge in [-0.05, 0) is 53.2 Å². The van der Waals surface area contributed by atoms with Crippen molar-refractivity contribution >= 4 is 27.4 Å². The molecule has 0 saturated carbocycles. The summed E-state index contributed by atoms with van der Waals surface area (Å²) in [5.41, 5.74) is -0.330. The fraction of sp³-hybridized carbons (Fsp3) is 0.0714. The number of hydrogen-bond donors (Lipinski definition) is 0. The van der Waals surface area contributed by atoms with Gasteiger partial charge in [-0.15, -0.1) is 0 Å². The number of ketones is 1. The predicted octanol–water partition coefficient (Wildman–Crippen LogP) is 4.49. The largest absolute Gasteiger partial charge is 0.456 e. The van der Waals surface area contributed by atoms with Gasteiger partial charge in [0.05, 0.1) is 21.0 Å². The molecule has 0 fully saturated rings. The van der Waals surface area contributed by atoms with Gasteiger partial charge in [-0.1, -0.05) is 0 Å². The molecule has 0 atom stereocenters. The van der Waals surface area contributed by atoms with Gasteiger partial charge in [-0.3, -0.25) is 14.9 Å². The molecule has 5 nitrogen and oxygen atoms in total. The lowest BCUT2D eigenvalue weighted by Crippen LogP contribution is -2.00. The fourth-order valence-corrected chi connectivity index (χ4v) is 2.14. The first-order valence-corrected chi connectivity index (χ1v) is 6.60. The summed E-state index contributed by atoms with van der Waals surface area (Å²) in [6, 6.07) is 7.75. The van der Waals surface area contributed by atoms with Crippen molar-refractivity contribution in [3.8, 4) is 11.5 Å². The van der Waals surface area contributed by atoms with E-state index in [1.807, 2.05) is 0 Å². The highest BCUT2D eigenvalue weighted by atomic mass is 79.9. The Bertz CT molecular complexity index is 733. The van der Waals surface area contributed by atoms with Gasteiger partial charge in [0.15, 0.2) is 5.78 Å². The minimum Gasteiger partial charge on any atom is -0.456 e. The van der Waals surface area contributed by atoms with Gasteiger partial charge in [0.1, 0.15) is 17.3 Å². The van der Waals surface area contributed by atoms with Crippen molar-refractivity contribution in [3.63, 3.8) is 0 Å². The molecule has 0 aliphatic heterocycles. The predicted molar refractivity (Wildman–Crippen MR) is 77.3 cm³/mol. The number of rotatable bonds is 4. The van der Waals surface area contributed by atoms with E-state index in [-0.39, 0.29) is 17.0 Å². The van der Waals surface area contributed by atoms with Crippen LogP contribution >= 0.6 is 15.9 Å². The Balaban J connectivity index is 2.39. The number of Topliss-reactive ketones (excluding diaryl/α,β-unsaturated/α-hetero) is 1. The molecule has 0 bridgehead atoms. The van der Waals surface area contributed by atoms with Gasteiger partial charge in [0.2, 0.25) is 0 Å². The Morgan fingerprint density at radius 1 is 1.29 bits per heavy atom. The molecule has 0 spiro atoms. The average Bonchev–Trinajstić information content (AvgIpc) is 2.41. The van der Waals surface area contributed by atoms with Crippen LogP contribution in [0.1, 0.15) is 17.3 Å². The Morgan fingerprint density at radius 2 is 2.00 bits per heavy atom. The molecular formula is C14H9BrFNO4. The van der Waals surface area contributed by atoms with Crippen LogP contribution in [0, 0.1) is 15.9 Å². The van der Waals surface area contributed by atoms with Crippen molar-refractivity contribution < 1.29 is 18.8 Å². The highest BCUT2D eigenvalue weighted by Gasteiger charge is 2.19. The van der Waals surface area contributed by atoms with Crippen molar-refractivity contribution in [2.45, 2.75) is 6.92 Å². The van der Waals surface area contributed by atoms with Gasteiger partial charge >= 0.3 is 0 Å². The molecule has 2 aromatic carbocycles. The molecule has 0 aromatic heterocycles. The second-order valence-electron chi connectivity index (χ2n) is 4.17. The van der Waals surface area contributed by atoms with Crippen LogP contribution in [-0.2, 0) is 0 Å². The molecule has 7 heteroatoms. The molecular weight excluding hydrogens is 345 g/mol. The number of nitro benzene ring substituents is 1. The molecule has 108 valence electrons. The standard InChI is InChI=1S/C14H9BrFNO4/c1-8(18)11-4-3-10(7-13(11)17(19)20)21-14-5-2-9(16)6-12(14)15/h2-7H,1H3. The van der Waals surface area contributed by atoms with Gasteiger partial charge in [-0.2, -0.15) is 0 Å². The Morgan fingerprint density at radius 3 is 2.57 bits per heavy atom. The van der Waals surface area contributed by atoms with Crippen molar-refractivity contribution in [2.24, 2.45) is 0 Å². The normalized spacial score (nSPS) is 10.2. The van der Waals surface area contributed by atoms with E-state index in [4.69, 9.17) is 4.74 Å². The second-order valence-corrected chi connectivity index (χ2v) is 5.02. The zero-order valence-corrected chi connectivity index (χ0v) is 12.4. The van der Waals surface area contributed by atoms with Crippen LogP contribution in [0.5, 0.6) is 11.5 Å². The molecule has 0 N–H and O–H groups in total. The third-order valence-corrected chi connectivity index (χ3v) is 3.29.